The summed E-state index contributed by atoms with van der Waals surface area (Å²) in [5.41, 5.74) is -0.0302. The monoisotopic (exact) mass is 198 g/mol. The Morgan fingerprint density at radius 2 is 2.00 bits per heavy atom. The molecule has 0 amide bonds. The molecule has 0 aliphatic carbocycles. The van der Waals surface area contributed by atoms with E-state index in [1.165, 1.54) is 12.1 Å². The number of aliphatic carboxylic acids is 1. The SMILES string of the molecule is O=C(O)C(=O)Cc1cccc(F)c1O. The summed E-state index contributed by atoms with van der Waals surface area (Å²) in [7, 11) is 0. The average Bonchev–Trinajstić information content (AvgIpc) is 2.12. The number of hydrogen-bond donors (Lipinski definition) is 2. The van der Waals surface area contributed by atoms with Crippen molar-refractivity contribution in [3.8, 4) is 5.75 Å². The third-order valence-corrected chi connectivity index (χ3v) is 1.66. The highest BCUT2D eigenvalue weighted by atomic mass is 19.1. The zero-order valence-electron chi connectivity index (χ0n) is 7.03. The Kier molecular flexibility index (Phi) is 2.81. The summed E-state index contributed by atoms with van der Waals surface area (Å²) in [5, 5.41) is 17.4. The number of carboxylic acid groups (broad SMARTS) is 1. The minimum atomic E-state index is -1.60. The molecular weight excluding hydrogens is 191 g/mol. The molecule has 0 spiro atoms. The van der Waals surface area contributed by atoms with E-state index in [4.69, 9.17) is 10.2 Å². The lowest BCUT2D eigenvalue weighted by Gasteiger charge is -2.01. The van der Waals surface area contributed by atoms with Crippen LogP contribution in [0.15, 0.2) is 18.2 Å². The number of hydrogen-bond acceptors (Lipinski definition) is 3. The Balaban J connectivity index is 2.93. The van der Waals surface area contributed by atoms with Gasteiger partial charge in [-0.3, -0.25) is 4.79 Å². The number of aromatic hydroxyl groups is 1. The van der Waals surface area contributed by atoms with Gasteiger partial charge in [-0.1, -0.05) is 12.1 Å². The lowest BCUT2D eigenvalue weighted by atomic mass is 10.1. The van der Waals surface area contributed by atoms with E-state index in [1.807, 2.05) is 0 Å². The van der Waals surface area contributed by atoms with Crippen molar-refractivity contribution < 1.29 is 24.2 Å². The lowest BCUT2D eigenvalue weighted by Crippen LogP contribution is -2.15. The quantitative estimate of drug-likeness (QED) is 0.702. The fraction of sp³-hybridized carbons (Fsp3) is 0.111. The fourth-order valence-corrected chi connectivity index (χ4v) is 0.951. The van der Waals surface area contributed by atoms with E-state index in [0.717, 1.165) is 6.07 Å². The molecule has 0 unspecified atom stereocenters. The molecule has 14 heavy (non-hydrogen) atoms. The Hall–Kier alpha value is -1.91. The Morgan fingerprint density at radius 1 is 1.36 bits per heavy atom. The number of phenols is 1. The Bertz CT molecular complexity index is 386. The van der Waals surface area contributed by atoms with Crippen molar-refractivity contribution in [2.75, 3.05) is 0 Å². The van der Waals surface area contributed by atoms with Crippen molar-refractivity contribution in [3.63, 3.8) is 0 Å². The van der Waals surface area contributed by atoms with Gasteiger partial charge in [0.1, 0.15) is 0 Å². The van der Waals surface area contributed by atoms with E-state index in [0.29, 0.717) is 0 Å². The van der Waals surface area contributed by atoms with Gasteiger partial charge in [-0.2, -0.15) is 0 Å². The fourth-order valence-electron chi connectivity index (χ4n) is 0.951. The van der Waals surface area contributed by atoms with E-state index in [-0.39, 0.29) is 5.56 Å². The van der Waals surface area contributed by atoms with Crippen LogP contribution in [0.5, 0.6) is 5.75 Å². The number of phenolic OH excluding ortho intramolecular Hbond substituents is 1. The maximum absolute atomic E-state index is 12.7. The van der Waals surface area contributed by atoms with Gasteiger partial charge in [-0.05, 0) is 6.07 Å². The molecule has 0 heterocycles. The van der Waals surface area contributed by atoms with Crippen molar-refractivity contribution in [1.29, 1.82) is 0 Å². The molecule has 0 fully saturated rings. The Morgan fingerprint density at radius 3 is 2.57 bits per heavy atom. The van der Waals surface area contributed by atoms with Crippen molar-refractivity contribution in [2.45, 2.75) is 6.42 Å². The smallest absolute Gasteiger partial charge is 0.372 e. The van der Waals surface area contributed by atoms with Crippen LogP contribution in [0.25, 0.3) is 0 Å². The van der Waals surface area contributed by atoms with E-state index >= 15 is 0 Å². The van der Waals surface area contributed by atoms with Gasteiger partial charge in [0.2, 0.25) is 5.78 Å². The summed E-state index contributed by atoms with van der Waals surface area (Å²) in [5.74, 6) is -4.25. The molecule has 74 valence electrons. The summed E-state index contributed by atoms with van der Waals surface area (Å²) >= 11 is 0. The summed E-state index contributed by atoms with van der Waals surface area (Å²) in [6.07, 6.45) is -0.515. The second-order valence-corrected chi connectivity index (χ2v) is 2.65. The van der Waals surface area contributed by atoms with Crippen LogP contribution >= 0.6 is 0 Å². The molecule has 0 aliphatic heterocycles. The summed E-state index contributed by atoms with van der Waals surface area (Å²) in [6.45, 7) is 0. The first-order chi connectivity index (χ1) is 6.52. The number of carbonyl (C=O) groups excluding carboxylic acids is 1. The molecule has 1 rings (SSSR count). The van der Waals surface area contributed by atoms with Crippen LogP contribution < -0.4 is 0 Å². The van der Waals surface area contributed by atoms with E-state index in [9.17, 15) is 14.0 Å². The minimum Gasteiger partial charge on any atom is -0.505 e. The zero-order valence-corrected chi connectivity index (χ0v) is 7.03. The maximum Gasteiger partial charge on any atom is 0.372 e. The first kappa shape index (κ1) is 10.2. The van der Waals surface area contributed by atoms with Crippen molar-refractivity contribution >= 4 is 11.8 Å². The van der Waals surface area contributed by atoms with Gasteiger partial charge in [0, 0.05) is 12.0 Å². The maximum atomic E-state index is 12.7. The molecule has 0 saturated carbocycles. The molecule has 0 bridgehead atoms. The van der Waals surface area contributed by atoms with Gasteiger partial charge in [0.25, 0.3) is 0 Å². The van der Waals surface area contributed by atoms with Gasteiger partial charge in [-0.15, -0.1) is 0 Å². The molecule has 2 N–H and O–H groups in total. The molecule has 0 atom stereocenters. The van der Waals surface area contributed by atoms with Gasteiger partial charge in [0.15, 0.2) is 11.6 Å². The number of carbonyl (C=O) groups is 2. The molecule has 1 aromatic rings. The molecule has 0 aliphatic rings. The highest BCUT2D eigenvalue weighted by Crippen LogP contribution is 2.21. The van der Waals surface area contributed by atoms with Crippen LogP contribution in [0.2, 0.25) is 0 Å². The van der Waals surface area contributed by atoms with E-state index < -0.39 is 29.7 Å². The predicted octanol–water partition coefficient (Wildman–Crippen LogP) is 0.728. The van der Waals surface area contributed by atoms with Crippen LogP contribution in [-0.4, -0.2) is 22.0 Å². The normalized spacial score (nSPS) is 9.79. The van der Waals surface area contributed by atoms with Gasteiger partial charge < -0.3 is 10.2 Å². The van der Waals surface area contributed by atoms with Crippen LogP contribution in [0.4, 0.5) is 4.39 Å². The molecule has 0 saturated heterocycles. The number of para-hydroxylation sites is 1. The average molecular weight is 198 g/mol. The number of ketones is 1. The largest absolute Gasteiger partial charge is 0.505 e. The zero-order chi connectivity index (χ0) is 10.7. The second kappa shape index (κ2) is 3.87. The highest BCUT2D eigenvalue weighted by Gasteiger charge is 2.15. The Labute approximate surface area is 78.6 Å². The molecule has 1 aromatic carbocycles. The topological polar surface area (TPSA) is 74.6 Å². The van der Waals surface area contributed by atoms with Crippen LogP contribution in [-0.2, 0) is 16.0 Å². The minimum absolute atomic E-state index is 0.0302. The number of benzene rings is 1. The third kappa shape index (κ3) is 2.07. The van der Waals surface area contributed by atoms with Crippen LogP contribution in [0.1, 0.15) is 5.56 Å². The van der Waals surface area contributed by atoms with Gasteiger partial charge >= 0.3 is 5.97 Å². The van der Waals surface area contributed by atoms with Gasteiger partial charge in [-0.25, -0.2) is 9.18 Å². The lowest BCUT2D eigenvalue weighted by molar-refractivity contribution is -0.148. The number of halogens is 1. The van der Waals surface area contributed by atoms with Crippen LogP contribution in [0.3, 0.4) is 0 Å². The number of carboxylic acids is 1. The van der Waals surface area contributed by atoms with Crippen molar-refractivity contribution in [3.05, 3.63) is 29.6 Å². The van der Waals surface area contributed by atoms with Crippen LogP contribution in [0, 0.1) is 5.82 Å². The molecule has 0 radical (unpaired) electrons. The molecule has 0 aromatic heterocycles. The first-order valence-corrected chi connectivity index (χ1v) is 3.75. The molecule has 4 nitrogen and oxygen atoms in total. The summed E-state index contributed by atoms with van der Waals surface area (Å²) in [4.78, 5) is 20.9. The first-order valence-electron chi connectivity index (χ1n) is 3.75. The highest BCUT2D eigenvalue weighted by molar-refractivity contribution is 6.33. The van der Waals surface area contributed by atoms with E-state index in [2.05, 4.69) is 0 Å². The van der Waals surface area contributed by atoms with Crippen molar-refractivity contribution in [2.24, 2.45) is 0 Å². The van der Waals surface area contributed by atoms with Gasteiger partial charge in [0.05, 0.1) is 0 Å². The standard InChI is InChI=1S/C9H7FO4/c10-6-3-1-2-5(8(6)12)4-7(11)9(13)14/h1-3,12H,4H2,(H,13,14). The predicted molar refractivity (Wildman–Crippen MR) is 44.4 cm³/mol. The number of Topliss-reactive ketones (excluding diaryl/α,β-unsaturated/α-hetero) is 1. The van der Waals surface area contributed by atoms with E-state index in [1.54, 1.807) is 0 Å². The third-order valence-electron chi connectivity index (χ3n) is 1.66. The second-order valence-electron chi connectivity index (χ2n) is 2.65. The summed E-state index contributed by atoms with van der Waals surface area (Å²) in [6, 6.07) is 3.60. The van der Waals surface area contributed by atoms with Crippen molar-refractivity contribution in [1.82, 2.24) is 0 Å². The number of rotatable bonds is 3. The molecule has 5 heteroatoms. The summed E-state index contributed by atoms with van der Waals surface area (Å²) < 4.78 is 12.7. The molecular formula is C9H7FO4.